The SMILES string of the molecule is CCNC(=O)c1ccc(-c2cccc(CC(=O)OC)c2)cc1F. The number of hydrogen-bond acceptors (Lipinski definition) is 3. The fourth-order valence-corrected chi connectivity index (χ4v) is 2.23. The monoisotopic (exact) mass is 315 g/mol. The molecule has 2 rings (SSSR count). The van der Waals surface area contributed by atoms with Gasteiger partial charge in [-0.2, -0.15) is 0 Å². The fraction of sp³-hybridized carbons (Fsp3) is 0.222. The highest BCUT2D eigenvalue weighted by Crippen LogP contribution is 2.23. The quantitative estimate of drug-likeness (QED) is 0.863. The Kier molecular flexibility index (Phi) is 5.46. The minimum atomic E-state index is -0.577. The molecule has 0 saturated carbocycles. The molecular weight excluding hydrogens is 297 g/mol. The van der Waals surface area contributed by atoms with Gasteiger partial charge in [-0.1, -0.05) is 30.3 Å². The van der Waals surface area contributed by atoms with Gasteiger partial charge in [0.05, 0.1) is 19.1 Å². The minimum Gasteiger partial charge on any atom is -0.469 e. The second kappa shape index (κ2) is 7.54. The number of carbonyl (C=O) groups is 2. The molecule has 0 aliphatic heterocycles. The Hall–Kier alpha value is -2.69. The van der Waals surface area contributed by atoms with Crippen LogP contribution in [0, 0.1) is 5.82 Å². The third-order valence-corrected chi connectivity index (χ3v) is 3.39. The highest BCUT2D eigenvalue weighted by molar-refractivity contribution is 5.95. The molecule has 120 valence electrons. The van der Waals surface area contributed by atoms with Gasteiger partial charge in [-0.15, -0.1) is 0 Å². The number of rotatable bonds is 5. The Labute approximate surface area is 134 Å². The second-order valence-corrected chi connectivity index (χ2v) is 5.01. The van der Waals surface area contributed by atoms with E-state index in [0.717, 1.165) is 11.1 Å². The van der Waals surface area contributed by atoms with E-state index in [-0.39, 0.29) is 18.0 Å². The first-order valence-electron chi connectivity index (χ1n) is 7.29. The van der Waals surface area contributed by atoms with Crippen LogP contribution in [-0.2, 0) is 16.0 Å². The van der Waals surface area contributed by atoms with Gasteiger partial charge in [0.15, 0.2) is 0 Å². The number of hydrogen-bond donors (Lipinski definition) is 1. The molecule has 1 N–H and O–H groups in total. The van der Waals surface area contributed by atoms with Crippen LogP contribution in [-0.4, -0.2) is 25.5 Å². The van der Waals surface area contributed by atoms with Crippen LogP contribution in [0.4, 0.5) is 4.39 Å². The number of benzene rings is 2. The molecule has 0 saturated heterocycles. The first-order chi connectivity index (χ1) is 11.0. The number of halogens is 1. The number of methoxy groups -OCH3 is 1. The Morgan fingerprint density at radius 3 is 2.52 bits per heavy atom. The van der Waals surface area contributed by atoms with Gasteiger partial charge in [-0.05, 0) is 35.7 Å². The lowest BCUT2D eigenvalue weighted by atomic mass is 10.00. The number of ether oxygens (including phenoxy) is 1. The van der Waals surface area contributed by atoms with E-state index in [9.17, 15) is 14.0 Å². The fourth-order valence-electron chi connectivity index (χ4n) is 2.23. The van der Waals surface area contributed by atoms with Crippen LogP contribution in [0.2, 0.25) is 0 Å². The molecular formula is C18H18FNO3. The number of esters is 1. The smallest absolute Gasteiger partial charge is 0.309 e. The van der Waals surface area contributed by atoms with E-state index in [4.69, 9.17) is 0 Å². The van der Waals surface area contributed by atoms with E-state index in [1.807, 2.05) is 6.07 Å². The highest BCUT2D eigenvalue weighted by atomic mass is 19.1. The zero-order chi connectivity index (χ0) is 16.8. The van der Waals surface area contributed by atoms with Crippen molar-refractivity contribution in [2.75, 3.05) is 13.7 Å². The standard InChI is InChI=1S/C18H18FNO3/c1-3-20-18(22)15-8-7-14(11-16(15)19)13-6-4-5-12(9-13)10-17(21)23-2/h4-9,11H,3,10H2,1-2H3,(H,20,22). The second-order valence-electron chi connectivity index (χ2n) is 5.01. The molecule has 0 heterocycles. The van der Waals surface area contributed by atoms with Crippen molar-refractivity contribution >= 4 is 11.9 Å². The summed E-state index contributed by atoms with van der Waals surface area (Å²) in [7, 11) is 1.33. The first kappa shape index (κ1) is 16.7. The molecule has 4 nitrogen and oxygen atoms in total. The Morgan fingerprint density at radius 2 is 1.87 bits per heavy atom. The van der Waals surface area contributed by atoms with Crippen molar-refractivity contribution in [2.45, 2.75) is 13.3 Å². The van der Waals surface area contributed by atoms with Crippen LogP contribution in [0.15, 0.2) is 42.5 Å². The molecule has 2 aromatic rings. The average Bonchev–Trinajstić information content (AvgIpc) is 2.55. The van der Waals surface area contributed by atoms with Crippen LogP contribution in [0.1, 0.15) is 22.8 Å². The zero-order valence-corrected chi connectivity index (χ0v) is 13.1. The van der Waals surface area contributed by atoms with E-state index in [1.165, 1.54) is 19.2 Å². The zero-order valence-electron chi connectivity index (χ0n) is 13.1. The predicted octanol–water partition coefficient (Wildman–Crippen LogP) is 2.96. The minimum absolute atomic E-state index is 0.0151. The summed E-state index contributed by atoms with van der Waals surface area (Å²) in [5.41, 5.74) is 2.21. The molecule has 0 aliphatic carbocycles. The molecule has 0 aromatic heterocycles. The van der Waals surface area contributed by atoms with Crippen LogP contribution < -0.4 is 5.32 Å². The van der Waals surface area contributed by atoms with Crippen molar-refractivity contribution in [3.63, 3.8) is 0 Å². The van der Waals surface area contributed by atoms with Gasteiger partial charge in [-0.25, -0.2) is 4.39 Å². The lowest BCUT2D eigenvalue weighted by molar-refractivity contribution is -0.139. The van der Waals surface area contributed by atoms with Crippen LogP contribution in [0.5, 0.6) is 0 Å². The van der Waals surface area contributed by atoms with Gasteiger partial charge in [0.25, 0.3) is 5.91 Å². The molecule has 23 heavy (non-hydrogen) atoms. The normalized spacial score (nSPS) is 10.2. The van der Waals surface area contributed by atoms with Crippen molar-refractivity contribution in [3.8, 4) is 11.1 Å². The maximum Gasteiger partial charge on any atom is 0.309 e. The summed E-state index contributed by atoms with van der Waals surface area (Å²) in [6.07, 6.45) is 0.157. The van der Waals surface area contributed by atoms with Crippen molar-refractivity contribution < 1.29 is 18.7 Å². The van der Waals surface area contributed by atoms with E-state index in [0.29, 0.717) is 12.1 Å². The molecule has 5 heteroatoms. The molecule has 0 aliphatic rings. The van der Waals surface area contributed by atoms with Gasteiger partial charge in [0.1, 0.15) is 5.82 Å². The predicted molar refractivity (Wildman–Crippen MR) is 85.6 cm³/mol. The van der Waals surface area contributed by atoms with E-state index in [2.05, 4.69) is 10.1 Å². The van der Waals surface area contributed by atoms with Crippen molar-refractivity contribution in [1.82, 2.24) is 5.32 Å². The summed E-state index contributed by atoms with van der Waals surface area (Å²) >= 11 is 0. The van der Waals surface area contributed by atoms with Crippen LogP contribution >= 0.6 is 0 Å². The lowest BCUT2D eigenvalue weighted by Crippen LogP contribution is -2.23. The van der Waals surface area contributed by atoms with Crippen molar-refractivity contribution in [3.05, 3.63) is 59.4 Å². The maximum atomic E-state index is 14.1. The number of nitrogens with one attached hydrogen (secondary N) is 1. The Morgan fingerprint density at radius 1 is 1.13 bits per heavy atom. The third kappa shape index (κ3) is 4.16. The average molecular weight is 315 g/mol. The molecule has 0 bridgehead atoms. The lowest BCUT2D eigenvalue weighted by Gasteiger charge is -2.08. The van der Waals surface area contributed by atoms with Gasteiger partial charge < -0.3 is 10.1 Å². The van der Waals surface area contributed by atoms with Crippen LogP contribution in [0.3, 0.4) is 0 Å². The molecule has 0 radical (unpaired) electrons. The van der Waals surface area contributed by atoms with Gasteiger partial charge in [0, 0.05) is 6.54 Å². The largest absolute Gasteiger partial charge is 0.469 e. The molecule has 0 atom stereocenters. The molecule has 0 unspecified atom stereocenters. The van der Waals surface area contributed by atoms with E-state index < -0.39 is 11.7 Å². The van der Waals surface area contributed by atoms with Gasteiger partial charge in [-0.3, -0.25) is 9.59 Å². The summed E-state index contributed by atoms with van der Waals surface area (Å²) in [5, 5.41) is 2.57. The van der Waals surface area contributed by atoms with Gasteiger partial charge >= 0.3 is 5.97 Å². The summed E-state index contributed by atoms with van der Waals surface area (Å²) in [6, 6.07) is 11.7. The Bertz CT molecular complexity index is 728. The van der Waals surface area contributed by atoms with Crippen molar-refractivity contribution in [1.29, 1.82) is 0 Å². The van der Waals surface area contributed by atoms with E-state index in [1.54, 1.807) is 31.2 Å². The van der Waals surface area contributed by atoms with E-state index >= 15 is 0 Å². The summed E-state index contributed by atoms with van der Waals surface area (Å²) in [5.74, 6) is -1.34. The highest BCUT2D eigenvalue weighted by Gasteiger charge is 2.12. The third-order valence-electron chi connectivity index (χ3n) is 3.39. The summed E-state index contributed by atoms with van der Waals surface area (Å²) < 4.78 is 18.8. The Balaban J connectivity index is 2.28. The first-order valence-corrected chi connectivity index (χ1v) is 7.29. The molecule has 2 aromatic carbocycles. The summed E-state index contributed by atoms with van der Waals surface area (Å²) in [4.78, 5) is 23.1. The topological polar surface area (TPSA) is 55.4 Å². The van der Waals surface area contributed by atoms with Gasteiger partial charge in [0.2, 0.25) is 0 Å². The summed E-state index contributed by atoms with van der Waals surface area (Å²) in [6.45, 7) is 2.21. The molecule has 0 fully saturated rings. The van der Waals surface area contributed by atoms with Crippen LogP contribution in [0.25, 0.3) is 11.1 Å². The number of carbonyl (C=O) groups excluding carboxylic acids is 2. The van der Waals surface area contributed by atoms with Crippen molar-refractivity contribution in [2.24, 2.45) is 0 Å². The molecule has 1 amide bonds. The maximum absolute atomic E-state index is 14.1. The number of amides is 1. The molecule has 0 spiro atoms.